The predicted octanol–water partition coefficient (Wildman–Crippen LogP) is 2.14. The van der Waals surface area contributed by atoms with Crippen LogP contribution in [0.3, 0.4) is 0 Å². The van der Waals surface area contributed by atoms with E-state index in [9.17, 15) is 25.0 Å². The van der Waals surface area contributed by atoms with E-state index >= 15 is 0 Å². The Labute approximate surface area is 120 Å². The van der Waals surface area contributed by atoms with Gasteiger partial charge in [0.15, 0.2) is 5.69 Å². The Morgan fingerprint density at radius 3 is 2.00 bits per heavy atom. The number of rotatable bonds is 6. The SMILES string of the molecule is CCCOC(=O)c1cc([N+](=O)[O-])c(N(C)C)c([N+](=O)[O-])c1. The smallest absolute Gasteiger partial charge is 0.338 e. The van der Waals surface area contributed by atoms with Gasteiger partial charge < -0.3 is 9.64 Å². The molecule has 0 atom stereocenters. The highest BCUT2D eigenvalue weighted by atomic mass is 16.6. The second kappa shape index (κ2) is 6.64. The fourth-order valence-corrected chi connectivity index (χ4v) is 1.74. The van der Waals surface area contributed by atoms with E-state index in [0.29, 0.717) is 6.42 Å². The molecule has 0 aliphatic carbocycles. The third kappa shape index (κ3) is 3.65. The molecule has 0 radical (unpaired) electrons. The summed E-state index contributed by atoms with van der Waals surface area (Å²) in [6.07, 6.45) is 0.575. The van der Waals surface area contributed by atoms with Gasteiger partial charge in [-0.2, -0.15) is 0 Å². The van der Waals surface area contributed by atoms with Gasteiger partial charge in [0.05, 0.1) is 22.0 Å². The van der Waals surface area contributed by atoms with Gasteiger partial charge in [-0.05, 0) is 6.42 Å². The fraction of sp³-hybridized carbons (Fsp3) is 0.417. The number of nitro benzene ring substituents is 2. The maximum Gasteiger partial charge on any atom is 0.338 e. The molecule has 0 spiro atoms. The lowest BCUT2D eigenvalue weighted by Crippen LogP contribution is -2.15. The molecule has 0 unspecified atom stereocenters. The van der Waals surface area contributed by atoms with Crippen LogP contribution >= 0.6 is 0 Å². The summed E-state index contributed by atoms with van der Waals surface area (Å²) in [5, 5.41) is 22.2. The average Bonchev–Trinajstić information content (AvgIpc) is 2.42. The number of ether oxygens (including phenoxy) is 1. The molecular weight excluding hydrogens is 282 g/mol. The molecule has 1 aromatic rings. The summed E-state index contributed by atoms with van der Waals surface area (Å²) in [7, 11) is 2.90. The van der Waals surface area contributed by atoms with Gasteiger partial charge in [0.2, 0.25) is 0 Å². The Morgan fingerprint density at radius 2 is 1.67 bits per heavy atom. The van der Waals surface area contributed by atoms with E-state index in [0.717, 1.165) is 12.1 Å². The first-order valence-corrected chi connectivity index (χ1v) is 6.10. The second-order valence-corrected chi connectivity index (χ2v) is 4.41. The Hall–Kier alpha value is -2.71. The molecule has 0 N–H and O–H groups in total. The molecule has 0 aromatic heterocycles. The van der Waals surface area contributed by atoms with Crippen molar-refractivity contribution in [2.75, 3.05) is 25.6 Å². The first kappa shape index (κ1) is 16.3. The average molecular weight is 297 g/mol. The number of anilines is 1. The molecule has 0 fully saturated rings. The Kier molecular flexibility index (Phi) is 5.17. The first-order valence-electron chi connectivity index (χ1n) is 6.10. The van der Waals surface area contributed by atoms with Crippen LogP contribution in [-0.2, 0) is 4.74 Å². The molecule has 21 heavy (non-hydrogen) atoms. The van der Waals surface area contributed by atoms with Gasteiger partial charge in [0, 0.05) is 26.2 Å². The van der Waals surface area contributed by atoms with E-state index in [4.69, 9.17) is 4.74 Å². The molecule has 0 saturated heterocycles. The van der Waals surface area contributed by atoms with E-state index in [-0.39, 0.29) is 17.9 Å². The minimum Gasteiger partial charge on any atom is -0.462 e. The highest BCUT2D eigenvalue weighted by Gasteiger charge is 2.30. The summed E-state index contributed by atoms with van der Waals surface area (Å²) in [6.45, 7) is 1.92. The van der Waals surface area contributed by atoms with Crippen LogP contribution in [0.2, 0.25) is 0 Å². The van der Waals surface area contributed by atoms with E-state index in [1.165, 1.54) is 19.0 Å². The number of hydrogen-bond acceptors (Lipinski definition) is 7. The Morgan fingerprint density at radius 1 is 1.19 bits per heavy atom. The van der Waals surface area contributed by atoms with Crippen molar-refractivity contribution in [3.63, 3.8) is 0 Å². The minimum absolute atomic E-state index is 0.135. The van der Waals surface area contributed by atoms with Crippen molar-refractivity contribution in [1.29, 1.82) is 0 Å². The van der Waals surface area contributed by atoms with Crippen molar-refractivity contribution in [1.82, 2.24) is 0 Å². The largest absolute Gasteiger partial charge is 0.462 e. The molecule has 0 saturated carbocycles. The van der Waals surface area contributed by atoms with Gasteiger partial charge in [0.25, 0.3) is 0 Å². The Balaban J connectivity index is 3.47. The van der Waals surface area contributed by atoms with E-state index in [2.05, 4.69) is 0 Å². The highest BCUT2D eigenvalue weighted by molar-refractivity contribution is 5.94. The van der Waals surface area contributed by atoms with Crippen molar-refractivity contribution in [3.8, 4) is 0 Å². The van der Waals surface area contributed by atoms with Gasteiger partial charge >= 0.3 is 17.3 Å². The summed E-state index contributed by atoms with van der Waals surface area (Å²) in [4.78, 5) is 33.7. The third-order valence-corrected chi connectivity index (χ3v) is 2.58. The molecule has 9 nitrogen and oxygen atoms in total. The Bertz CT molecular complexity index is 549. The number of hydrogen-bond donors (Lipinski definition) is 0. The summed E-state index contributed by atoms with van der Waals surface area (Å²) in [5.74, 6) is -0.826. The lowest BCUT2D eigenvalue weighted by atomic mass is 10.1. The lowest BCUT2D eigenvalue weighted by Gasteiger charge is -2.13. The van der Waals surface area contributed by atoms with Gasteiger partial charge in [-0.1, -0.05) is 6.92 Å². The minimum atomic E-state index is -0.826. The van der Waals surface area contributed by atoms with Gasteiger partial charge in [-0.15, -0.1) is 0 Å². The summed E-state index contributed by atoms with van der Waals surface area (Å²) >= 11 is 0. The molecule has 0 amide bonds. The van der Waals surface area contributed by atoms with Crippen LogP contribution in [0.15, 0.2) is 12.1 Å². The summed E-state index contributed by atoms with van der Waals surface area (Å²) in [5.41, 5.74) is -1.42. The number of carbonyl (C=O) groups is 1. The zero-order valence-corrected chi connectivity index (χ0v) is 11.9. The van der Waals surface area contributed by atoms with Crippen molar-refractivity contribution < 1.29 is 19.4 Å². The predicted molar refractivity (Wildman–Crippen MR) is 74.7 cm³/mol. The molecule has 1 aromatic carbocycles. The maximum absolute atomic E-state index is 11.8. The van der Waals surface area contributed by atoms with Crippen LogP contribution in [0.25, 0.3) is 0 Å². The molecule has 0 aliphatic rings. The third-order valence-electron chi connectivity index (χ3n) is 2.58. The first-order chi connectivity index (χ1) is 9.79. The van der Waals surface area contributed by atoms with Crippen LogP contribution in [-0.4, -0.2) is 36.5 Å². The quantitative estimate of drug-likeness (QED) is 0.448. The standard InChI is InChI=1S/C12H15N3O6/c1-4-5-21-12(16)8-6-9(14(17)18)11(13(2)3)10(7-8)15(19)20/h6-7H,4-5H2,1-3H3. The molecule has 0 aliphatic heterocycles. The number of nitro groups is 2. The van der Waals surface area contributed by atoms with E-state index in [1.54, 1.807) is 6.92 Å². The fourth-order valence-electron chi connectivity index (χ4n) is 1.74. The van der Waals surface area contributed by atoms with Gasteiger partial charge in [0.1, 0.15) is 0 Å². The summed E-state index contributed by atoms with van der Waals surface area (Å²) < 4.78 is 4.85. The second-order valence-electron chi connectivity index (χ2n) is 4.41. The van der Waals surface area contributed by atoms with Crippen molar-refractivity contribution >= 4 is 23.0 Å². The molecular formula is C12H15N3O6. The van der Waals surface area contributed by atoms with Crippen molar-refractivity contribution in [2.45, 2.75) is 13.3 Å². The summed E-state index contributed by atoms with van der Waals surface area (Å²) in [6, 6.07) is 1.97. The molecule has 0 bridgehead atoms. The lowest BCUT2D eigenvalue weighted by molar-refractivity contribution is -0.392. The number of benzene rings is 1. The molecule has 1 rings (SSSR count). The van der Waals surface area contributed by atoms with E-state index in [1.807, 2.05) is 0 Å². The van der Waals surface area contributed by atoms with Crippen molar-refractivity contribution in [3.05, 3.63) is 37.9 Å². The number of carbonyl (C=O) groups excluding carboxylic acids is 1. The van der Waals surface area contributed by atoms with Crippen LogP contribution in [0.4, 0.5) is 17.1 Å². The van der Waals surface area contributed by atoms with E-state index < -0.39 is 27.2 Å². The monoisotopic (exact) mass is 297 g/mol. The van der Waals surface area contributed by atoms with Crippen molar-refractivity contribution in [2.24, 2.45) is 0 Å². The molecule has 114 valence electrons. The van der Waals surface area contributed by atoms with Crippen LogP contribution < -0.4 is 4.90 Å². The topological polar surface area (TPSA) is 116 Å². The van der Waals surface area contributed by atoms with Crippen LogP contribution in [0.1, 0.15) is 23.7 Å². The van der Waals surface area contributed by atoms with Crippen LogP contribution in [0, 0.1) is 20.2 Å². The molecule has 9 heteroatoms. The van der Waals surface area contributed by atoms with Crippen LogP contribution in [0.5, 0.6) is 0 Å². The zero-order valence-electron chi connectivity index (χ0n) is 11.9. The van der Waals surface area contributed by atoms with Gasteiger partial charge in [-0.3, -0.25) is 20.2 Å². The van der Waals surface area contributed by atoms with Gasteiger partial charge in [-0.25, -0.2) is 4.79 Å². The number of nitrogens with zero attached hydrogens (tertiary/aromatic N) is 3. The number of esters is 1. The maximum atomic E-state index is 11.8. The molecule has 0 heterocycles. The normalized spacial score (nSPS) is 10.0. The zero-order chi connectivity index (χ0) is 16.2. The highest BCUT2D eigenvalue weighted by Crippen LogP contribution is 2.37.